The van der Waals surface area contributed by atoms with Gasteiger partial charge in [-0.15, -0.1) is 0 Å². The molecular weight excluding hydrogens is 374 g/mol. The number of nitrogens with zero attached hydrogens (tertiary/aromatic N) is 1. The van der Waals surface area contributed by atoms with Gasteiger partial charge >= 0.3 is 0 Å². The first-order valence-corrected chi connectivity index (χ1v) is 10.3. The maximum absolute atomic E-state index is 13.0. The van der Waals surface area contributed by atoms with Crippen LogP contribution in [0.5, 0.6) is 0 Å². The van der Waals surface area contributed by atoms with Gasteiger partial charge in [-0.05, 0) is 24.5 Å². The number of carbonyl (C=O) groups is 2. The molecule has 5 heteroatoms. The van der Waals surface area contributed by atoms with Crippen molar-refractivity contribution in [3.05, 3.63) is 65.2 Å². The number of carbonyl (C=O) groups excluding carboxylic acids is 2. The van der Waals surface area contributed by atoms with Crippen LogP contribution in [-0.2, 0) is 6.54 Å². The molecule has 0 radical (unpaired) electrons. The minimum Gasteiger partial charge on any atom is -0.353 e. The molecule has 5 aromatic rings. The molecular formula is C25H17N3O2. The SMILES string of the molecule is O=C1NC(=O)c2c1c1c3ccccc3[nH]c1c1c2c2cccc3c2n1CCCC=C3. The lowest BCUT2D eigenvalue weighted by Gasteiger charge is -2.12. The Bertz CT molecular complexity index is 1630. The normalized spacial score (nSPS) is 15.9. The fraction of sp³-hybridized carbons (Fsp3) is 0.120. The van der Waals surface area contributed by atoms with Crippen molar-refractivity contribution in [1.82, 2.24) is 14.9 Å². The van der Waals surface area contributed by atoms with E-state index in [1.807, 2.05) is 30.3 Å². The second kappa shape index (κ2) is 5.39. The van der Waals surface area contributed by atoms with Crippen molar-refractivity contribution < 1.29 is 9.59 Å². The van der Waals surface area contributed by atoms with Crippen LogP contribution in [0.1, 0.15) is 39.1 Å². The van der Waals surface area contributed by atoms with Gasteiger partial charge in [0.1, 0.15) is 0 Å². The van der Waals surface area contributed by atoms with Gasteiger partial charge in [0.15, 0.2) is 0 Å². The number of hydrogen-bond donors (Lipinski definition) is 2. The molecule has 2 aliphatic heterocycles. The monoisotopic (exact) mass is 391 g/mol. The Hall–Kier alpha value is -3.86. The molecule has 0 saturated carbocycles. The van der Waals surface area contributed by atoms with Crippen molar-refractivity contribution in [2.75, 3.05) is 0 Å². The predicted molar refractivity (Wildman–Crippen MR) is 119 cm³/mol. The number of fused-ring (bicyclic) bond motifs is 10. The van der Waals surface area contributed by atoms with Gasteiger partial charge in [-0.3, -0.25) is 14.9 Å². The molecule has 5 nitrogen and oxygen atoms in total. The molecule has 0 saturated heterocycles. The van der Waals surface area contributed by atoms with Crippen LogP contribution in [0.15, 0.2) is 48.5 Å². The van der Waals surface area contributed by atoms with Gasteiger partial charge in [0.2, 0.25) is 0 Å². The van der Waals surface area contributed by atoms with E-state index >= 15 is 0 Å². The molecule has 0 unspecified atom stereocenters. The summed E-state index contributed by atoms with van der Waals surface area (Å²) in [4.78, 5) is 29.5. The lowest BCUT2D eigenvalue weighted by Crippen LogP contribution is -2.20. The molecule has 2 N–H and O–H groups in total. The van der Waals surface area contributed by atoms with Gasteiger partial charge in [-0.2, -0.15) is 0 Å². The highest BCUT2D eigenvalue weighted by atomic mass is 16.2. The van der Waals surface area contributed by atoms with Crippen molar-refractivity contribution >= 4 is 61.5 Å². The lowest BCUT2D eigenvalue weighted by atomic mass is 9.96. The summed E-state index contributed by atoms with van der Waals surface area (Å²) in [6.45, 7) is 0.861. The van der Waals surface area contributed by atoms with E-state index in [0.29, 0.717) is 11.1 Å². The zero-order chi connectivity index (χ0) is 20.0. The zero-order valence-corrected chi connectivity index (χ0v) is 16.1. The van der Waals surface area contributed by atoms with E-state index in [4.69, 9.17) is 0 Å². The molecule has 0 fully saturated rings. The Kier molecular flexibility index (Phi) is 2.87. The minimum atomic E-state index is -0.312. The summed E-state index contributed by atoms with van der Waals surface area (Å²) in [6.07, 6.45) is 6.42. The van der Waals surface area contributed by atoms with Crippen molar-refractivity contribution in [1.29, 1.82) is 0 Å². The van der Waals surface area contributed by atoms with Crippen LogP contribution in [-0.4, -0.2) is 21.4 Å². The molecule has 144 valence electrons. The van der Waals surface area contributed by atoms with Gasteiger partial charge in [0.05, 0.1) is 27.7 Å². The smallest absolute Gasteiger partial charge is 0.259 e. The summed E-state index contributed by atoms with van der Waals surface area (Å²) in [5.41, 5.74) is 6.20. The number of benzene rings is 3. The Morgan fingerprint density at radius 1 is 0.833 bits per heavy atom. The van der Waals surface area contributed by atoms with Crippen molar-refractivity contribution in [3.63, 3.8) is 0 Å². The van der Waals surface area contributed by atoms with E-state index in [1.165, 1.54) is 0 Å². The zero-order valence-electron chi connectivity index (χ0n) is 16.1. The molecule has 2 aliphatic rings. The van der Waals surface area contributed by atoms with E-state index < -0.39 is 0 Å². The molecule has 0 bridgehead atoms. The number of H-pyrrole nitrogens is 1. The maximum atomic E-state index is 13.0. The lowest BCUT2D eigenvalue weighted by molar-refractivity contribution is 0.0880. The molecule has 0 aliphatic carbocycles. The summed E-state index contributed by atoms with van der Waals surface area (Å²) in [6, 6.07) is 14.2. The minimum absolute atomic E-state index is 0.304. The molecule has 2 aromatic heterocycles. The molecule has 0 spiro atoms. The number of amides is 2. The quantitative estimate of drug-likeness (QED) is 0.360. The van der Waals surface area contributed by atoms with Crippen LogP contribution in [0.3, 0.4) is 0 Å². The number of hydrogen-bond acceptors (Lipinski definition) is 2. The maximum Gasteiger partial charge on any atom is 0.259 e. The first-order valence-electron chi connectivity index (χ1n) is 10.3. The average Bonchev–Trinajstić information content (AvgIpc) is 3.35. The topological polar surface area (TPSA) is 66.9 Å². The van der Waals surface area contributed by atoms with E-state index in [0.717, 1.165) is 68.6 Å². The number of nitrogens with one attached hydrogen (secondary N) is 2. The van der Waals surface area contributed by atoms with Crippen LogP contribution >= 0.6 is 0 Å². The first-order chi connectivity index (χ1) is 14.7. The third-order valence-corrected chi connectivity index (χ3v) is 6.54. The molecule has 4 heterocycles. The predicted octanol–water partition coefficient (Wildman–Crippen LogP) is 5.12. The third-order valence-electron chi connectivity index (χ3n) is 6.54. The van der Waals surface area contributed by atoms with Gasteiger partial charge in [-0.25, -0.2) is 0 Å². The standard InChI is InChI=1S/C25H17N3O2/c29-24-19-17-14-9-3-4-11-16(14)26-21(17)23-18(20(19)25(30)27-24)15-10-6-8-13-7-2-1-5-12-28(23)22(13)15/h2-4,6-11,26H,1,5,12H2,(H,27,29,30). The highest BCUT2D eigenvalue weighted by Crippen LogP contribution is 2.44. The molecule has 2 amide bonds. The number of aryl methyl sites for hydroxylation is 1. The third kappa shape index (κ3) is 1.78. The van der Waals surface area contributed by atoms with Crippen LogP contribution < -0.4 is 5.32 Å². The van der Waals surface area contributed by atoms with Gasteiger partial charge in [0.25, 0.3) is 11.8 Å². The number of aromatic nitrogens is 2. The number of imide groups is 1. The highest BCUT2D eigenvalue weighted by molar-refractivity contribution is 6.39. The fourth-order valence-electron chi connectivity index (χ4n) is 5.40. The van der Waals surface area contributed by atoms with Crippen molar-refractivity contribution in [3.8, 4) is 0 Å². The summed E-state index contributed by atoms with van der Waals surface area (Å²) in [5, 5.41) is 6.27. The summed E-state index contributed by atoms with van der Waals surface area (Å²) in [7, 11) is 0. The fourth-order valence-corrected chi connectivity index (χ4v) is 5.40. The van der Waals surface area contributed by atoms with Gasteiger partial charge < -0.3 is 9.55 Å². The second-order valence-electron chi connectivity index (χ2n) is 8.12. The van der Waals surface area contributed by atoms with Gasteiger partial charge in [-0.1, -0.05) is 48.6 Å². The molecule has 3 aromatic carbocycles. The highest BCUT2D eigenvalue weighted by Gasteiger charge is 2.35. The number of rotatable bonds is 0. The molecule has 0 atom stereocenters. The number of para-hydroxylation sites is 2. The summed E-state index contributed by atoms with van der Waals surface area (Å²) >= 11 is 0. The number of allylic oxidation sites excluding steroid dienone is 1. The molecule has 30 heavy (non-hydrogen) atoms. The van der Waals surface area contributed by atoms with Crippen LogP contribution in [0.2, 0.25) is 0 Å². The largest absolute Gasteiger partial charge is 0.353 e. The summed E-state index contributed by atoms with van der Waals surface area (Å²) in [5.74, 6) is -0.616. The number of aromatic amines is 1. The Balaban J connectivity index is 1.87. The van der Waals surface area contributed by atoms with Crippen LogP contribution in [0.25, 0.3) is 49.7 Å². The Labute approximate surface area is 171 Å². The average molecular weight is 391 g/mol. The van der Waals surface area contributed by atoms with E-state index in [1.54, 1.807) is 0 Å². The van der Waals surface area contributed by atoms with E-state index in [9.17, 15) is 9.59 Å². The second-order valence-corrected chi connectivity index (χ2v) is 8.12. The van der Waals surface area contributed by atoms with Crippen molar-refractivity contribution in [2.24, 2.45) is 0 Å². The first kappa shape index (κ1) is 16.0. The van der Waals surface area contributed by atoms with E-state index in [-0.39, 0.29) is 11.8 Å². The van der Waals surface area contributed by atoms with Crippen LogP contribution in [0, 0.1) is 0 Å². The molecule has 7 rings (SSSR count). The van der Waals surface area contributed by atoms with Gasteiger partial charge in [0, 0.05) is 33.6 Å². The summed E-state index contributed by atoms with van der Waals surface area (Å²) < 4.78 is 2.34. The van der Waals surface area contributed by atoms with Crippen molar-refractivity contribution in [2.45, 2.75) is 19.4 Å². The van der Waals surface area contributed by atoms with Crippen LogP contribution in [0.4, 0.5) is 0 Å². The Morgan fingerprint density at radius 3 is 2.53 bits per heavy atom. The Morgan fingerprint density at radius 2 is 1.63 bits per heavy atom. The van der Waals surface area contributed by atoms with E-state index in [2.05, 4.69) is 39.2 Å².